The van der Waals surface area contributed by atoms with E-state index in [0.717, 1.165) is 51.4 Å². The maximum atomic E-state index is 13.0. The summed E-state index contributed by atoms with van der Waals surface area (Å²) < 4.78 is 5.98. The molecule has 35 heavy (non-hydrogen) atoms. The Morgan fingerprint density at radius 2 is 1.49 bits per heavy atom. The lowest BCUT2D eigenvalue weighted by Gasteiger charge is -2.42. The number of hydrogen-bond donors (Lipinski definition) is 0. The van der Waals surface area contributed by atoms with Gasteiger partial charge < -0.3 is 9.64 Å². The van der Waals surface area contributed by atoms with Crippen LogP contribution in [0.1, 0.15) is 37.3 Å². The van der Waals surface area contributed by atoms with Crippen LogP contribution in [-0.4, -0.2) is 78.9 Å². The fraction of sp³-hybridized carbons (Fsp3) is 0.448. The van der Waals surface area contributed by atoms with Crippen molar-refractivity contribution in [1.29, 1.82) is 0 Å². The molecule has 2 saturated heterocycles. The van der Waals surface area contributed by atoms with Gasteiger partial charge in [0.15, 0.2) is 0 Å². The molecular formula is C29H37N3O3. The molecule has 6 nitrogen and oxygen atoms in total. The first-order valence-corrected chi connectivity index (χ1v) is 12.8. The van der Waals surface area contributed by atoms with Crippen LogP contribution in [0.15, 0.2) is 66.7 Å². The normalized spacial score (nSPS) is 19.1. The monoisotopic (exact) mass is 475 g/mol. The lowest BCUT2D eigenvalue weighted by Crippen LogP contribution is -2.53. The van der Waals surface area contributed by atoms with Crippen LogP contribution in [0.4, 0.5) is 0 Å². The fourth-order valence-electron chi connectivity index (χ4n) is 4.93. The average molecular weight is 476 g/mol. The molecule has 2 aliphatic rings. The zero-order valence-corrected chi connectivity index (χ0v) is 20.8. The molecular weight excluding hydrogens is 438 g/mol. The van der Waals surface area contributed by atoms with Gasteiger partial charge in [-0.1, -0.05) is 79.7 Å². The highest BCUT2D eigenvalue weighted by Crippen LogP contribution is 2.37. The number of ether oxygens (including phenoxy) is 1. The Balaban J connectivity index is 1.24. The third kappa shape index (κ3) is 6.80. The van der Waals surface area contributed by atoms with Crippen molar-refractivity contribution in [1.82, 2.24) is 14.7 Å². The molecule has 2 aliphatic heterocycles. The van der Waals surface area contributed by atoms with Crippen molar-refractivity contribution < 1.29 is 14.3 Å². The maximum absolute atomic E-state index is 13.0. The van der Waals surface area contributed by atoms with Crippen molar-refractivity contribution in [2.75, 3.05) is 52.4 Å². The molecule has 0 aromatic heterocycles. The van der Waals surface area contributed by atoms with Crippen molar-refractivity contribution in [3.63, 3.8) is 0 Å². The second-order valence-electron chi connectivity index (χ2n) is 9.46. The molecule has 6 heteroatoms. The van der Waals surface area contributed by atoms with Gasteiger partial charge in [-0.2, -0.15) is 0 Å². The zero-order chi connectivity index (χ0) is 24.5. The van der Waals surface area contributed by atoms with Gasteiger partial charge in [0.1, 0.15) is 5.60 Å². The van der Waals surface area contributed by atoms with Crippen LogP contribution in [0, 0.1) is 0 Å². The van der Waals surface area contributed by atoms with Gasteiger partial charge in [-0.05, 0) is 11.1 Å². The Bertz CT molecular complexity index is 977. The summed E-state index contributed by atoms with van der Waals surface area (Å²) in [5.74, 6) is 0.0251. The van der Waals surface area contributed by atoms with Crippen LogP contribution in [0.5, 0.6) is 0 Å². The highest BCUT2D eigenvalue weighted by Gasteiger charge is 2.40. The summed E-state index contributed by atoms with van der Waals surface area (Å²) >= 11 is 0. The number of benzene rings is 2. The van der Waals surface area contributed by atoms with Crippen LogP contribution in [0.2, 0.25) is 0 Å². The van der Waals surface area contributed by atoms with Gasteiger partial charge in [0.25, 0.3) is 0 Å². The van der Waals surface area contributed by atoms with Crippen LogP contribution in [0.3, 0.4) is 0 Å². The Labute approximate surface area is 209 Å². The van der Waals surface area contributed by atoms with E-state index >= 15 is 0 Å². The van der Waals surface area contributed by atoms with Gasteiger partial charge in [0.05, 0.1) is 6.54 Å². The predicted octanol–water partition coefficient (Wildman–Crippen LogP) is 3.79. The summed E-state index contributed by atoms with van der Waals surface area (Å²) in [6, 6.07) is 20.4. The molecule has 0 N–H and O–H groups in total. The summed E-state index contributed by atoms with van der Waals surface area (Å²) in [7, 11) is 0. The van der Waals surface area contributed by atoms with Gasteiger partial charge in [0, 0.05) is 65.1 Å². The molecule has 2 heterocycles. The molecule has 2 aromatic carbocycles. The highest BCUT2D eigenvalue weighted by molar-refractivity contribution is 5.78. The number of piperazine rings is 1. The van der Waals surface area contributed by atoms with E-state index in [-0.39, 0.29) is 11.9 Å². The van der Waals surface area contributed by atoms with Crippen LogP contribution >= 0.6 is 0 Å². The first-order chi connectivity index (χ1) is 17.1. The molecule has 0 bridgehead atoms. The number of hydrogen-bond acceptors (Lipinski definition) is 5. The molecule has 2 fully saturated rings. The quantitative estimate of drug-likeness (QED) is 0.544. The summed E-state index contributed by atoms with van der Waals surface area (Å²) in [6.07, 6.45) is 6.13. The van der Waals surface area contributed by atoms with Crippen molar-refractivity contribution >= 4 is 18.0 Å². The molecule has 1 amide bonds. The minimum absolute atomic E-state index is 0.171. The first-order valence-electron chi connectivity index (χ1n) is 12.8. The van der Waals surface area contributed by atoms with Crippen molar-refractivity contribution in [2.45, 2.75) is 31.8 Å². The number of carbonyl (C=O) groups is 2. The van der Waals surface area contributed by atoms with Gasteiger partial charge in [-0.15, -0.1) is 0 Å². The topological polar surface area (TPSA) is 53.1 Å². The van der Waals surface area contributed by atoms with Crippen LogP contribution < -0.4 is 0 Å². The second-order valence-corrected chi connectivity index (χ2v) is 9.46. The average Bonchev–Trinajstić information content (AvgIpc) is 2.91. The smallest absolute Gasteiger partial charge is 0.306 e. The van der Waals surface area contributed by atoms with E-state index in [4.69, 9.17) is 4.74 Å². The van der Waals surface area contributed by atoms with Gasteiger partial charge in [-0.25, -0.2) is 0 Å². The molecule has 0 atom stereocenters. The number of carbonyl (C=O) groups excluding carboxylic acids is 2. The van der Waals surface area contributed by atoms with E-state index in [1.54, 1.807) is 0 Å². The van der Waals surface area contributed by atoms with Gasteiger partial charge in [-0.3, -0.25) is 19.4 Å². The van der Waals surface area contributed by atoms with Crippen LogP contribution in [0.25, 0.3) is 6.08 Å². The molecule has 0 saturated carbocycles. The molecule has 2 aromatic rings. The number of esters is 1. The zero-order valence-electron chi connectivity index (χ0n) is 20.8. The van der Waals surface area contributed by atoms with Crippen LogP contribution in [-0.2, 0) is 19.9 Å². The van der Waals surface area contributed by atoms with E-state index in [9.17, 15) is 9.59 Å². The largest absolute Gasteiger partial charge is 0.454 e. The molecule has 0 aliphatic carbocycles. The lowest BCUT2D eigenvalue weighted by atomic mass is 9.84. The molecule has 0 radical (unpaired) electrons. The standard InChI is InChI=1S/C29H37N3O3/c1-2-28(34)35-29(26-13-7-4-8-14-26)15-18-31(19-16-29)24-27(33)32-22-20-30(21-23-32)17-9-12-25-10-5-3-6-11-25/h3-14H,2,15-24H2,1H3/b12-9-. The summed E-state index contributed by atoms with van der Waals surface area (Å²) in [5, 5.41) is 0. The number of amides is 1. The van der Waals surface area contributed by atoms with E-state index in [2.05, 4.69) is 34.1 Å². The Morgan fingerprint density at radius 3 is 2.11 bits per heavy atom. The molecule has 4 rings (SSSR count). The Morgan fingerprint density at radius 1 is 0.857 bits per heavy atom. The SMILES string of the molecule is CCC(=O)OC1(c2ccccc2)CCN(CC(=O)N2CCN(C/C=C\c3ccccc3)CC2)CC1. The lowest BCUT2D eigenvalue weighted by molar-refractivity contribution is -0.167. The number of nitrogens with zero attached hydrogens (tertiary/aromatic N) is 3. The minimum Gasteiger partial charge on any atom is -0.454 e. The van der Waals surface area contributed by atoms with E-state index in [1.807, 2.05) is 60.4 Å². The summed E-state index contributed by atoms with van der Waals surface area (Å²) in [6.45, 7) is 7.98. The summed E-state index contributed by atoms with van der Waals surface area (Å²) in [4.78, 5) is 31.8. The van der Waals surface area contributed by atoms with Crippen molar-refractivity contribution in [2.24, 2.45) is 0 Å². The minimum atomic E-state index is -0.590. The third-order valence-corrected chi connectivity index (χ3v) is 7.12. The van der Waals surface area contributed by atoms with Gasteiger partial charge in [0.2, 0.25) is 5.91 Å². The highest BCUT2D eigenvalue weighted by atomic mass is 16.6. The van der Waals surface area contributed by atoms with Crippen molar-refractivity contribution in [3.8, 4) is 0 Å². The summed E-state index contributed by atoms with van der Waals surface area (Å²) in [5.41, 5.74) is 1.67. The Hall–Kier alpha value is -2.96. The van der Waals surface area contributed by atoms with Crippen molar-refractivity contribution in [3.05, 3.63) is 77.9 Å². The Kier molecular flexibility index (Phi) is 8.72. The number of piperidine rings is 1. The van der Waals surface area contributed by atoms with E-state index in [1.165, 1.54) is 5.56 Å². The maximum Gasteiger partial charge on any atom is 0.306 e. The second kappa shape index (κ2) is 12.1. The molecule has 0 unspecified atom stereocenters. The molecule has 0 spiro atoms. The van der Waals surface area contributed by atoms with E-state index in [0.29, 0.717) is 25.8 Å². The fourth-order valence-corrected chi connectivity index (χ4v) is 4.93. The molecule has 186 valence electrons. The first kappa shape index (κ1) is 25.1. The third-order valence-electron chi connectivity index (χ3n) is 7.12. The predicted molar refractivity (Wildman–Crippen MR) is 139 cm³/mol. The number of likely N-dealkylation sites (tertiary alicyclic amines) is 1. The van der Waals surface area contributed by atoms with Gasteiger partial charge >= 0.3 is 5.97 Å². The van der Waals surface area contributed by atoms with E-state index < -0.39 is 5.60 Å². The number of rotatable bonds is 8.